The predicted octanol–water partition coefficient (Wildman–Crippen LogP) is 3.77. The van der Waals surface area contributed by atoms with Crippen molar-refractivity contribution in [2.45, 2.75) is 33.2 Å². The van der Waals surface area contributed by atoms with E-state index in [-0.39, 0.29) is 5.92 Å². The molecule has 0 aliphatic carbocycles. The van der Waals surface area contributed by atoms with E-state index in [1.807, 2.05) is 39.0 Å². The summed E-state index contributed by atoms with van der Waals surface area (Å²) >= 11 is 5.97. The summed E-state index contributed by atoms with van der Waals surface area (Å²) in [6.07, 6.45) is 0. The molecule has 2 rings (SSSR count). The van der Waals surface area contributed by atoms with E-state index in [9.17, 15) is 0 Å². The van der Waals surface area contributed by atoms with Crippen molar-refractivity contribution in [3.05, 3.63) is 40.2 Å². The zero-order valence-corrected chi connectivity index (χ0v) is 11.5. The highest BCUT2D eigenvalue weighted by Gasteiger charge is 2.09. The minimum absolute atomic E-state index is 0.237. The van der Waals surface area contributed by atoms with Crippen LogP contribution in [-0.4, -0.2) is 10.2 Å². The first-order valence-electron chi connectivity index (χ1n) is 5.88. The summed E-state index contributed by atoms with van der Waals surface area (Å²) in [6, 6.07) is 6.25. The van der Waals surface area contributed by atoms with Crippen molar-refractivity contribution in [1.82, 2.24) is 10.2 Å². The van der Waals surface area contributed by atoms with Crippen molar-refractivity contribution in [3.63, 3.8) is 0 Å². The molecule has 0 fully saturated rings. The van der Waals surface area contributed by atoms with E-state index in [0.29, 0.717) is 18.5 Å². The Hall–Kier alpha value is -1.55. The lowest BCUT2D eigenvalue weighted by molar-refractivity contribution is 0.480. The van der Waals surface area contributed by atoms with Gasteiger partial charge in [-0.3, -0.25) is 0 Å². The molecule has 0 aliphatic heterocycles. The number of hydrogen-bond donors (Lipinski definition) is 1. The van der Waals surface area contributed by atoms with Crippen LogP contribution in [0.2, 0.25) is 5.02 Å². The quantitative estimate of drug-likeness (QED) is 0.914. The topological polar surface area (TPSA) is 51.0 Å². The molecule has 0 radical (unpaired) electrons. The van der Waals surface area contributed by atoms with Gasteiger partial charge in [0.25, 0.3) is 0 Å². The molecule has 0 atom stereocenters. The lowest BCUT2D eigenvalue weighted by Gasteiger charge is -2.06. The van der Waals surface area contributed by atoms with Gasteiger partial charge >= 0.3 is 6.01 Å². The van der Waals surface area contributed by atoms with Gasteiger partial charge in [-0.2, -0.15) is 0 Å². The normalized spacial score (nSPS) is 10.9. The van der Waals surface area contributed by atoms with Crippen LogP contribution < -0.4 is 5.32 Å². The van der Waals surface area contributed by atoms with Crippen LogP contribution in [0.3, 0.4) is 0 Å². The van der Waals surface area contributed by atoms with Crippen molar-refractivity contribution in [1.29, 1.82) is 0 Å². The van der Waals surface area contributed by atoms with Gasteiger partial charge in [0, 0.05) is 17.5 Å². The number of benzene rings is 1. The predicted molar refractivity (Wildman–Crippen MR) is 71.9 cm³/mol. The molecule has 1 heterocycles. The van der Waals surface area contributed by atoms with Crippen molar-refractivity contribution in [2.75, 3.05) is 5.32 Å². The Morgan fingerprint density at radius 1 is 1.33 bits per heavy atom. The Kier molecular flexibility index (Phi) is 3.87. The van der Waals surface area contributed by atoms with Gasteiger partial charge in [-0.05, 0) is 30.2 Å². The third-order valence-corrected chi connectivity index (χ3v) is 2.91. The fraction of sp³-hybridized carbons (Fsp3) is 0.385. The zero-order valence-electron chi connectivity index (χ0n) is 10.7. The first-order valence-corrected chi connectivity index (χ1v) is 6.26. The van der Waals surface area contributed by atoms with Gasteiger partial charge < -0.3 is 9.73 Å². The van der Waals surface area contributed by atoms with Crippen molar-refractivity contribution in [3.8, 4) is 0 Å². The number of hydrogen-bond acceptors (Lipinski definition) is 4. The third kappa shape index (κ3) is 3.01. The summed E-state index contributed by atoms with van der Waals surface area (Å²) in [4.78, 5) is 0. The molecule has 0 unspecified atom stereocenters. The Bertz CT molecular complexity index is 537. The van der Waals surface area contributed by atoms with Crippen LogP contribution in [0.25, 0.3) is 0 Å². The number of aromatic nitrogens is 2. The Labute approximate surface area is 111 Å². The smallest absolute Gasteiger partial charge is 0.315 e. The summed E-state index contributed by atoms with van der Waals surface area (Å²) in [6.45, 7) is 6.68. The van der Waals surface area contributed by atoms with E-state index >= 15 is 0 Å². The van der Waals surface area contributed by atoms with Gasteiger partial charge in [0.2, 0.25) is 5.89 Å². The average Bonchev–Trinajstić information content (AvgIpc) is 2.79. The highest BCUT2D eigenvalue weighted by molar-refractivity contribution is 6.30. The largest absolute Gasteiger partial charge is 0.408 e. The molecule has 0 saturated heterocycles. The maximum absolute atomic E-state index is 5.97. The highest BCUT2D eigenvalue weighted by Crippen LogP contribution is 2.18. The first kappa shape index (κ1) is 12.9. The molecule has 2 aromatic rings. The molecular weight excluding hydrogens is 250 g/mol. The SMILES string of the molecule is Cc1ccc(Cl)cc1CNc1nnc(C(C)C)o1. The zero-order chi connectivity index (χ0) is 13.1. The van der Waals surface area contributed by atoms with E-state index in [4.69, 9.17) is 16.0 Å². The number of aryl methyl sites for hydroxylation is 1. The molecule has 96 valence electrons. The molecule has 0 aliphatic rings. The molecule has 0 amide bonds. The van der Waals surface area contributed by atoms with Gasteiger partial charge in [0.15, 0.2) is 0 Å². The van der Waals surface area contributed by atoms with Crippen molar-refractivity contribution >= 4 is 17.6 Å². The van der Waals surface area contributed by atoms with Crippen LogP contribution in [0.5, 0.6) is 0 Å². The second-order valence-electron chi connectivity index (χ2n) is 4.52. The van der Waals surface area contributed by atoms with Crippen LogP contribution in [-0.2, 0) is 6.54 Å². The summed E-state index contributed by atoms with van der Waals surface area (Å²) in [7, 11) is 0. The van der Waals surface area contributed by atoms with E-state index in [2.05, 4.69) is 15.5 Å². The van der Waals surface area contributed by atoms with E-state index in [1.54, 1.807) is 0 Å². The van der Waals surface area contributed by atoms with E-state index in [0.717, 1.165) is 10.6 Å². The molecule has 1 N–H and O–H groups in total. The second kappa shape index (κ2) is 5.40. The van der Waals surface area contributed by atoms with Gasteiger partial charge in [0.1, 0.15) is 0 Å². The molecule has 1 aromatic carbocycles. The van der Waals surface area contributed by atoms with Crippen LogP contribution in [0.1, 0.15) is 36.8 Å². The molecule has 0 saturated carbocycles. The molecule has 5 heteroatoms. The summed E-state index contributed by atoms with van der Waals surface area (Å²) in [5, 5.41) is 11.7. The molecule has 0 spiro atoms. The number of rotatable bonds is 4. The maximum Gasteiger partial charge on any atom is 0.315 e. The van der Waals surface area contributed by atoms with E-state index in [1.165, 1.54) is 5.56 Å². The van der Waals surface area contributed by atoms with Gasteiger partial charge in [-0.15, -0.1) is 5.10 Å². The standard InChI is InChI=1S/C13H16ClN3O/c1-8(2)12-16-17-13(18-12)15-7-10-6-11(14)5-4-9(10)3/h4-6,8H,7H2,1-3H3,(H,15,17). The second-order valence-corrected chi connectivity index (χ2v) is 4.96. The number of nitrogens with zero attached hydrogens (tertiary/aromatic N) is 2. The maximum atomic E-state index is 5.97. The minimum atomic E-state index is 0.237. The summed E-state index contributed by atoms with van der Waals surface area (Å²) in [5.74, 6) is 0.876. The fourth-order valence-electron chi connectivity index (χ4n) is 1.54. The molecule has 1 aromatic heterocycles. The summed E-state index contributed by atoms with van der Waals surface area (Å²) in [5.41, 5.74) is 2.29. The minimum Gasteiger partial charge on any atom is -0.408 e. The van der Waals surface area contributed by atoms with Crippen LogP contribution in [0, 0.1) is 6.92 Å². The molecule has 4 nitrogen and oxygen atoms in total. The third-order valence-electron chi connectivity index (χ3n) is 2.68. The van der Waals surface area contributed by atoms with Gasteiger partial charge in [-0.1, -0.05) is 36.6 Å². The van der Waals surface area contributed by atoms with Gasteiger partial charge in [0.05, 0.1) is 0 Å². The van der Waals surface area contributed by atoms with Crippen LogP contribution in [0.15, 0.2) is 22.6 Å². The molecule has 18 heavy (non-hydrogen) atoms. The van der Waals surface area contributed by atoms with Crippen molar-refractivity contribution < 1.29 is 4.42 Å². The van der Waals surface area contributed by atoms with Crippen molar-refractivity contribution in [2.24, 2.45) is 0 Å². The van der Waals surface area contributed by atoms with Crippen LogP contribution >= 0.6 is 11.6 Å². The first-order chi connectivity index (χ1) is 8.56. The van der Waals surface area contributed by atoms with Gasteiger partial charge in [-0.25, -0.2) is 0 Å². The lowest BCUT2D eigenvalue weighted by atomic mass is 10.1. The highest BCUT2D eigenvalue weighted by atomic mass is 35.5. The van der Waals surface area contributed by atoms with Crippen LogP contribution in [0.4, 0.5) is 6.01 Å². The number of nitrogens with one attached hydrogen (secondary N) is 1. The Morgan fingerprint density at radius 3 is 2.78 bits per heavy atom. The molecular formula is C13H16ClN3O. The lowest BCUT2D eigenvalue weighted by Crippen LogP contribution is -2.01. The number of halogens is 1. The average molecular weight is 266 g/mol. The number of anilines is 1. The Balaban J connectivity index is 2.04. The Morgan fingerprint density at radius 2 is 2.11 bits per heavy atom. The van der Waals surface area contributed by atoms with E-state index < -0.39 is 0 Å². The monoisotopic (exact) mass is 265 g/mol. The summed E-state index contributed by atoms with van der Waals surface area (Å²) < 4.78 is 5.47. The molecule has 0 bridgehead atoms. The fourth-order valence-corrected chi connectivity index (χ4v) is 1.74.